The zero-order valence-corrected chi connectivity index (χ0v) is 25.7. The van der Waals surface area contributed by atoms with E-state index in [1.54, 1.807) is 18.2 Å². The van der Waals surface area contributed by atoms with Crippen molar-refractivity contribution in [2.24, 2.45) is 5.92 Å². The molecule has 0 saturated heterocycles. The van der Waals surface area contributed by atoms with E-state index >= 15 is 0 Å². The molecule has 4 N–H and O–H groups in total. The smallest absolute Gasteiger partial charge is 0.234 e. The lowest BCUT2D eigenvalue weighted by Crippen LogP contribution is -2.57. The van der Waals surface area contributed by atoms with Gasteiger partial charge in [-0.15, -0.1) is 0 Å². The molecule has 0 radical (unpaired) electrons. The van der Waals surface area contributed by atoms with Gasteiger partial charge in [0.2, 0.25) is 11.8 Å². The van der Waals surface area contributed by atoms with Crippen LogP contribution >= 0.6 is 50.3 Å². The lowest BCUT2D eigenvalue weighted by molar-refractivity contribution is -0.132. The van der Waals surface area contributed by atoms with Crippen molar-refractivity contribution in [3.63, 3.8) is 0 Å². The molecule has 1 heterocycles. The minimum atomic E-state index is -1.72. The second kappa shape index (κ2) is 12.6. The number of thioether (sulfide) groups is 1. The van der Waals surface area contributed by atoms with Crippen molar-refractivity contribution in [1.29, 1.82) is 5.26 Å². The van der Waals surface area contributed by atoms with E-state index in [1.807, 2.05) is 61.5 Å². The number of nitrogens with one attached hydrogen (secondary N) is 3. The average Bonchev–Trinajstić information content (AvgIpc) is 2.89. The summed E-state index contributed by atoms with van der Waals surface area (Å²) < 4.78 is 1.76. The number of carbonyl (C=O) groups is 2. The number of hydrogen-bond donors (Lipinski definition) is 4. The molecule has 3 aromatic carbocycles. The fourth-order valence-electron chi connectivity index (χ4n) is 4.50. The van der Waals surface area contributed by atoms with Gasteiger partial charge in [-0.3, -0.25) is 9.59 Å². The maximum absolute atomic E-state index is 13.8. The summed E-state index contributed by atoms with van der Waals surface area (Å²) in [5.74, 6) is -2.47. The Morgan fingerprint density at radius 2 is 1.77 bits per heavy atom. The van der Waals surface area contributed by atoms with Crippen LogP contribution in [-0.4, -0.2) is 28.4 Å². The van der Waals surface area contributed by atoms with Gasteiger partial charge in [0.25, 0.3) is 0 Å². The predicted octanol–water partition coefficient (Wildman–Crippen LogP) is 6.12. The molecule has 200 valence electrons. The van der Waals surface area contributed by atoms with Gasteiger partial charge in [-0.25, -0.2) is 0 Å². The van der Waals surface area contributed by atoms with Crippen LogP contribution in [0.3, 0.4) is 0 Å². The first-order chi connectivity index (χ1) is 18.6. The number of allylic oxidation sites excluding steroid dienone is 1. The summed E-state index contributed by atoms with van der Waals surface area (Å²) in [6.45, 7) is 3.41. The number of benzene rings is 3. The number of rotatable bonds is 7. The number of para-hydroxylation sites is 1. The van der Waals surface area contributed by atoms with Crippen LogP contribution in [0.4, 0.5) is 11.4 Å². The summed E-state index contributed by atoms with van der Waals surface area (Å²) in [6, 6.07) is 24.4. The van der Waals surface area contributed by atoms with E-state index in [-0.39, 0.29) is 17.2 Å². The van der Waals surface area contributed by atoms with Crippen LogP contribution in [0, 0.1) is 27.7 Å². The van der Waals surface area contributed by atoms with Crippen molar-refractivity contribution in [3.05, 3.63) is 103 Å². The maximum atomic E-state index is 13.8. The molecule has 0 aromatic heterocycles. The minimum Gasteiger partial charge on any atom is -0.370 e. The van der Waals surface area contributed by atoms with Crippen LogP contribution in [-0.2, 0) is 9.59 Å². The number of nitrogens with zero attached hydrogens (tertiary/aromatic N) is 1. The van der Waals surface area contributed by atoms with Gasteiger partial charge >= 0.3 is 0 Å². The Balaban J connectivity index is 1.68. The number of carbonyl (C=O) groups excluding carboxylic acids is 2. The van der Waals surface area contributed by atoms with Gasteiger partial charge in [0, 0.05) is 25.3 Å². The van der Waals surface area contributed by atoms with Crippen LogP contribution < -0.4 is 16.0 Å². The Bertz CT molecular complexity index is 1470. The highest BCUT2D eigenvalue weighted by molar-refractivity contribution is 14.1. The summed E-state index contributed by atoms with van der Waals surface area (Å²) in [7, 11) is 0. The number of anilines is 2. The number of hydrogen-bond acceptors (Lipinski definition) is 6. The zero-order valence-electron chi connectivity index (χ0n) is 21.2. The van der Waals surface area contributed by atoms with Gasteiger partial charge in [0.05, 0.1) is 28.3 Å². The van der Waals surface area contributed by atoms with E-state index < -0.39 is 23.5 Å². The quantitative estimate of drug-likeness (QED) is 0.219. The Morgan fingerprint density at radius 1 is 1.10 bits per heavy atom. The lowest BCUT2D eigenvalue weighted by Gasteiger charge is -2.43. The third kappa shape index (κ3) is 6.84. The molecule has 0 unspecified atom stereocenters. The van der Waals surface area contributed by atoms with Gasteiger partial charge in [-0.05, 0) is 84.0 Å². The highest BCUT2D eigenvalue weighted by Crippen LogP contribution is 2.46. The van der Waals surface area contributed by atoms with Crippen molar-refractivity contribution < 1.29 is 14.7 Å². The molecule has 3 atom stereocenters. The Labute approximate surface area is 253 Å². The first-order valence-corrected chi connectivity index (χ1v) is 14.9. The van der Waals surface area contributed by atoms with Crippen LogP contribution in [0.25, 0.3) is 0 Å². The number of aryl methyl sites for hydroxylation is 1. The minimum absolute atomic E-state index is 0.00165. The van der Waals surface area contributed by atoms with E-state index in [2.05, 4.69) is 60.5 Å². The van der Waals surface area contributed by atoms with Crippen LogP contribution in [0.1, 0.15) is 24.0 Å². The Hall–Kier alpha value is -2.85. The summed E-state index contributed by atoms with van der Waals surface area (Å²) in [5, 5.41) is 31.1. The summed E-state index contributed by atoms with van der Waals surface area (Å²) >= 11 is 6.67. The van der Waals surface area contributed by atoms with Crippen molar-refractivity contribution >= 4 is 73.5 Å². The molecule has 0 spiro atoms. The molecule has 0 fully saturated rings. The lowest BCUT2D eigenvalue weighted by atomic mass is 9.73. The molecular formula is C29H26BrIN4O3S. The van der Waals surface area contributed by atoms with Crippen molar-refractivity contribution in [3.8, 4) is 6.07 Å². The molecule has 4 rings (SSSR count). The molecule has 0 saturated carbocycles. The molecule has 3 aromatic rings. The monoisotopic (exact) mass is 716 g/mol. The highest BCUT2D eigenvalue weighted by Gasteiger charge is 2.50. The molecular weight excluding hydrogens is 691 g/mol. The van der Waals surface area contributed by atoms with Gasteiger partial charge in [-0.1, -0.05) is 64.1 Å². The zero-order chi connectivity index (χ0) is 28.2. The van der Waals surface area contributed by atoms with E-state index in [0.29, 0.717) is 16.4 Å². The number of amides is 2. The van der Waals surface area contributed by atoms with Gasteiger partial charge in [-0.2, -0.15) is 5.26 Å². The first-order valence-electron chi connectivity index (χ1n) is 12.0. The third-order valence-corrected chi connectivity index (χ3v) is 8.91. The second-order valence-electron chi connectivity index (χ2n) is 9.25. The van der Waals surface area contributed by atoms with E-state index in [0.717, 1.165) is 30.9 Å². The number of halogens is 2. The van der Waals surface area contributed by atoms with Gasteiger partial charge in [0.1, 0.15) is 5.72 Å². The maximum Gasteiger partial charge on any atom is 0.234 e. The Morgan fingerprint density at radius 3 is 2.44 bits per heavy atom. The van der Waals surface area contributed by atoms with Crippen molar-refractivity contribution in [2.75, 3.05) is 16.4 Å². The molecule has 1 aliphatic heterocycles. The summed E-state index contributed by atoms with van der Waals surface area (Å²) in [6.07, 6.45) is 0. The number of nitriles is 1. The summed E-state index contributed by atoms with van der Waals surface area (Å²) in [4.78, 5) is 26.5. The SMILES string of the molecule is Cc1ccccc1NC(=O)[C@@H]1[C@@H](c2ccccc2I)C(C#N)=C(SCC(=O)Nc2ccc(Br)cc2)N[C@@]1(C)O. The molecule has 0 aliphatic carbocycles. The standard InChI is InChI=1S/C29H26BrIN4O3S/c1-17-7-3-6-10-23(17)34-27(37)26-25(20-8-4-5-9-22(20)31)21(15-32)28(35-29(26,2)38)39-16-24(36)33-19-13-11-18(30)12-14-19/h3-14,25-26,35,38H,16H2,1-2H3,(H,33,36)(H,34,37)/t25-,26-,29-/m0/s1. The van der Waals surface area contributed by atoms with Crippen molar-refractivity contribution in [2.45, 2.75) is 25.5 Å². The fourth-order valence-corrected chi connectivity index (χ4v) is 6.44. The molecule has 39 heavy (non-hydrogen) atoms. The number of aliphatic hydroxyl groups is 1. The molecule has 1 aliphatic rings. The topological polar surface area (TPSA) is 114 Å². The molecule has 7 nitrogen and oxygen atoms in total. The van der Waals surface area contributed by atoms with E-state index in [1.165, 1.54) is 6.92 Å². The van der Waals surface area contributed by atoms with E-state index in [9.17, 15) is 20.0 Å². The van der Waals surface area contributed by atoms with Crippen molar-refractivity contribution in [1.82, 2.24) is 5.32 Å². The predicted molar refractivity (Wildman–Crippen MR) is 167 cm³/mol. The molecule has 2 amide bonds. The third-order valence-electron chi connectivity index (χ3n) is 6.38. The highest BCUT2D eigenvalue weighted by atomic mass is 127. The molecule has 10 heteroatoms. The normalized spacial score (nSPS) is 20.5. The largest absolute Gasteiger partial charge is 0.370 e. The van der Waals surface area contributed by atoms with E-state index in [4.69, 9.17) is 0 Å². The van der Waals surface area contributed by atoms with Gasteiger partial charge in [0.15, 0.2) is 0 Å². The summed E-state index contributed by atoms with van der Waals surface area (Å²) in [5.41, 5.74) is 1.47. The van der Waals surface area contributed by atoms with Crippen LogP contribution in [0.15, 0.2) is 87.9 Å². The Kier molecular flexibility index (Phi) is 9.38. The average molecular weight is 717 g/mol. The first kappa shape index (κ1) is 29.1. The molecule has 0 bridgehead atoms. The second-order valence-corrected chi connectivity index (χ2v) is 12.3. The van der Waals surface area contributed by atoms with Crippen LogP contribution in [0.5, 0.6) is 0 Å². The van der Waals surface area contributed by atoms with Gasteiger partial charge < -0.3 is 21.1 Å². The van der Waals surface area contributed by atoms with Crippen LogP contribution in [0.2, 0.25) is 0 Å². The fraction of sp³-hybridized carbons (Fsp3) is 0.207.